The van der Waals surface area contributed by atoms with Gasteiger partial charge in [-0.2, -0.15) is 0 Å². The fourth-order valence-corrected chi connectivity index (χ4v) is 4.52. The van der Waals surface area contributed by atoms with Crippen LogP contribution in [0.3, 0.4) is 0 Å². The van der Waals surface area contributed by atoms with Gasteiger partial charge in [0.05, 0.1) is 12.8 Å². The van der Waals surface area contributed by atoms with E-state index in [1.807, 2.05) is 72.5 Å². The predicted molar refractivity (Wildman–Crippen MR) is 140 cm³/mol. The normalized spacial score (nSPS) is 13.8. The van der Waals surface area contributed by atoms with Crippen molar-refractivity contribution in [3.8, 4) is 11.5 Å². The number of hydrogen-bond donors (Lipinski definition) is 0. The molecule has 0 aromatic heterocycles. The third-order valence-corrected chi connectivity index (χ3v) is 6.52. The molecular weight excluding hydrogens is 492 g/mol. The molecule has 0 spiro atoms. The van der Waals surface area contributed by atoms with Gasteiger partial charge in [-0.1, -0.05) is 18.2 Å². The summed E-state index contributed by atoms with van der Waals surface area (Å²) >= 11 is 3.56. The summed E-state index contributed by atoms with van der Waals surface area (Å²) in [6, 6.07) is 19.5. The molecule has 0 radical (unpaired) electrons. The number of methoxy groups -OCH3 is 1. The average Bonchev–Trinajstić information content (AvgIpc) is 2.87. The van der Waals surface area contributed by atoms with Crippen molar-refractivity contribution in [2.24, 2.45) is 4.99 Å². The Morgan fingerprint density at radius 2 is 1.76 bits per heavy atom. The van der Waals surface area contributed by atoms with Crippen LogP contribution in [0.5, 0.6) is 11.5 Å². The summed E-state index contributed by atoms with van der Waals surface area (Å²) in [5, 5.41) is 0. The van der Waals surface area contributed by atoms with Crippen LogP contribution in [0.1, 0.15) is 46.3 Å². The summed E-state index contributed by atoms with van der Waals surface area (Å²) in [7, 11) is 1.63. The van der Waals surface area contributed by atoms with Gasteiger partial charge in [-0.05, 0) is 101 Å². The third kappa shape index (κ3) is 6.06. The first-order valence-electron chi connectivity index (χ1n) is 11.5. The van der Waals surface area contributed by atoms with Crippen molar-refractivity contribution in [2.45, 2.75) is 32.8 Å². The van der Waals surface area contributed by atoms with Gasteiger partial charge in [0.2, 0.25) is 0 Å². The number of hydrogen-bond acceptors (Lipinski definition) is 4. The first kappa shape index (κ1) is 24.0. The number of amides is 1. The SMILES string of the molecule is COc1cc(C=Nc2ccc(C)cc2Br)ccc1OCc1ccc(C(=O)N2CCCCC2)cc1. The molecule has 4 rings (SSSR count). The van der Waals surface area contributed by atoms with Gasteiger partial charge in [0.15, 0.2) is 11.5 Å². The van der Waals surface area contributed by atoms with E-state index < -0.39 is 0 Å². The number of carbonyl (C=O) groups excluding carboxylic acids is 1. The molecule has 1 saturated heterocycles. The summed E-state index contributed by atoms with van der Waals surface area (Å²) in [6.45, 7) is 4.14. The van der Waals surface area contributed by atoms with Crippen molar-refractivity contribution in [3.05, 3.63) is 87.4 Å². The molecule has 0 aliphatic carbocycles. The summed E-state index contributed by atoms with van der Waals surface area (Å²) in [4.78, 5) is 19.2. The second-order valence-electron chi connectivity index (χ2n) is 8.46. The Kier molecular flexibility index (Phi) is 8.01. The minimum atomic E-state index is 0.115. The lowest BCUT2D eigenvalue weighted by molar-refractivity contribution is 0.0724. The lowest BCUT2D eigenvalue weighted by atomic mass is 10.1. The minimum Gasteiger partial charge on any atom is -0.493 e. The molecule has 0 saturated carbocycles. The zero-order chi connectivity index (χ0) is 23.9. The number of carbonyl (C=O) groups is 1. The Balaban J connectivity index is 1.39. The number of aliphatic imine (C=N–C) groups is 1. The number of rotatable bonds is 7. The van der Waals surface area contributed by atoms with Crippen molar-refractivity contribution < 1.29 is 14.3 Å². The van der Waals surface area contributed by atoms with Gasteiger partial charge in [0, 0.05) is 29.3 Å². The topological polar surface area (TPSA) is 51.1 Å². The van der Waals surface area contributed by atoms with Crippen LogP contribution in [0.4, 0.5) is 5.69 Å². The number of nitrogens with zero attached hydrogens (tertiary/aromatic N) is 2. The lowest BCUT2D eigenvalue weighted by Crippen LogP contribution is -2.35. The zero-order valence-corrected chi connectivity index (χ0v) is 21.2. The van der Waals surface area contributed by atoms with Gasteiger partial charge < -0.3 is 14.4 Å². The van der Waals surface area contributed by atoms with Crippen LogP contribution in [0.15, 0.2) is 70.1 Å². The average molecular weight is 521 g/mol. The highest BCUT2D eigenvalue weighted by Crippen LogP contribution is 2.30. The first-order valence-corrected chi connectivity index (χ1v) is 12.3. The summed E-state index contributed by atoms with van der Waals surface area (Å²) in [5.41, 5.74) is 4.68. The van der Waals surface area contributed by atoms with E-state index in [0.29, 0.717) is 18.1 Å². The Morgan fingerprint density at radius 1 is 1.00 bits per heavy atom. The molecule has 1 amide bonds. The molecule has 0 atom stereocenters. The van der Waals surface area contributed by atoms with E-state index in [9.17, 15) is 4.79 Å². The van der Waals surface area contributed by atoms with Gasteiger partial charge in [-0.15, -0.1) is 0 Å². The van der Waals surface area contributed by atoms with Crippen LogP contribution in [0.25, 0.3) is 0 Å². The Labute approximate surface area is 209 Å². The Hall–Kier alpha value is -3.12. The molecule has 6 heteroatoms. The summed E-state index contributed by atoms with van der Waals surface area (Å²) in [5.74, 6) is 1.41. The standard InChI is InChI=1S/C28H29BrN2O3/c1-20-6-12-25(24(29)16-20)30-18-22-9-13-26(27(17-22)33-2)34-19-21-7-10-23(11-8-21)28(32)31-14-4-3-5-15-31/h6-13,16-18H,3-5,14-15,19H2,1-2H3. The molecule has 176 valence electrons. The largest absolute Gasteiger partial charge is 0.493 e. The van der Waals surface area contributed by atoms with Crippen molar-refractivity contribution in [1.29, 1.82) is 0 Å². The summed E-state index contributed by atoms with van der Waals surface area (Å²) < 4.78 is 12.5. The van der Waals surface area contributed by atoms with E-state index >= 15 is 0 Å². The molecule has 5 nitrogen and oxygen atoms in total. The van der Waals surface area contributed by atoms with E-state index in [2.05, 4.69) is 20.9 Å². The van der Waals surface area contributed by atoms with Crippen LogP contribution in [-0.2, 0) is 6.61 Å². The Bertz CT molecular complexity index is 1170. The fourth-order valence-electron chi connectivity index (χ4n) is 3.93. The maximum absolute atomic E-state index is 12.6. The molecule has 1 aliphatic rings. The number of benzene rings is 3. The highest BCUT2D eigenvalue weighted by atomic mass is 79.9. The predicted octanol–water partition coefficient (Wildman–Crippen LogP) is 6.72. The second-order valence-corrected chi connectivity index (χ2v) is 9.32. The van der Waals surface area contributed by atoms with Gasteiger partial charge >= 0.3 is 0 Å². The van der Waals surface area contributed by atoms with Crippen LogP contribution in [0, 0.1) is 6.92 Å². The molecule has 1 fully saturated rings. The second kappa shape index (κ2) is 11.3. The minimum absolute atomic E-state index is 0.115. The number of piperidine rings is 1. The van der Waals surface area contributed by atoms with E-state index in [1.165, 1.54) is 12.0 Å². The molecule has 3 aromatic rings. The third-order valence-electron chi connectivity index (χ3n) is 5.88. The van der Waals surface area contributed by atoms with Crippen molar-refractivity contribution in [3.63, 3.8) is 0 Å². The van der Waals surface area contributed by atoms with Crippen LogP contribution >= 0.6 is 15.9 Å². The van der Waals surface area contributed by atoms with Gasteiger partial charge in [-0.3, -0.25) is 9.79 Å². The van der Waals surface area contributed by atoms with Crippen molar-refractivity contribution in [1.82, 2.24) is 4.90 Å². The van der Waals surface area contributed by atoms with Gasteiger partial charge in [0.1, 0.15) is 6.61 Å². The number of halogens is 1. The fraction of sp³-hybridized carbons (Fsp3) is 0.286. The van der Waals surface area contributed by atoms with Gasteiger partial charge in [-0.25, -0.2) is 0 Å². The first-order chi connectivity index (χ1) is 16.5. The molecule has 0 N–H and O–H groups in total. The van der Waals surface area contributed by atoms with Crippen LogP contribution < -0.4 is 9.47 Å². The molecule has 1 heterocycles. The van der Waals surface area contributed by atoms with Crippen LogP contribution in [-0.4, -0.2) is 37.2 Å². The smallest absolute Gasteiger partial charge is 0.253 e. The molecule has 1 aliphatic heterocycles. The Morgan fingerprint density at radius 3 is 2.47 bits per heavy atom. The quantitative estimate of drug-likeness (QED) is 0.325. The van der Waals surface area contributed by atoms with E-state index in [0.717, 1.165) is 52.8 Å². The van der Waals surface area contributed by atoms with Crippen molar-refractivity contribution >= 4 is 33.7 Å². The van der Waals surface area contributed by atoms with E-state index in [1.54, 1.807) is 13.3 Å². The molecule has 3 aromatic carbocycles. The molecule has 0 bridgehead atoms. The number of ether oxygens (including phenoxy) is 2. The molecular formula is C28H29BrN2O3. The van der Waals surface area contributed by atoms with Crippen molar-refractivity contribution in [2.75, 3.05) is 20.2 Å². The lowest BCUT2D eigenvalue weighted by Gasteiger charge is -2.26. The summed E-state index contributed by atoms with van der Waals surface area (Å²) in [6.07, 6.45) is 5.20. The van der Waals surface area contributed by atoms with Crippen LogP contribution in [0.2, 0.25) is 0 Å². The number of likely N-dealkylation sites (tertiary alicyclic amines) is 1. The molecule has 34 heavy (non-hydrogen) atoms. The highest BCUT2D eigenvalue weighted by Gasteiger charge is 2.18. The molecule has 0 unspecified atom stereocenters. The monoisotopic (exact) mass is 520 g/mol. The maximum atomic E-state index is 12.6. The van der Waals surface area contributed by atoms with E-state index in [-0.39, 0.29) is 5.91 Å². The number of aryl methyl sites for hydroxylation is 1. The maximum Gasteiger partial charge on any atom is 0.253 e. The van der Waals surface area contributed by atoms with Gasteiger partial charge in [0.25, 0.3) is 5.91 Å². The highest BCUT2D eigenvalue weighted by molar-refractivity contribution is 9.10. The van der Waals surface area contributed by atoms with E-state index in [4.69, 9.17) is 9.47 Å². The zero-order valence-electron chi connectivity index (χ0n) is 19.6.